The fraction of sp³-hybridized carbons (Fsp3) is 0.214. The molecule has 0 saturated carbocycles. The van der Waals surface area contributed by atoms with E-state index in [0.717, 1.165) is 5.56 Å². The topological polar surface area (TPSA) is 76.1 Å². The van der Waals surface area contributed by atoms with Gasteiger partial charge in [0.05, 0.1) is 24.8 Å². The van der Waals surface area contributed by atoms with Crippen LogP contribution in [0.3, 0.4) is 0 Å². The minimum Gasteiger partial charge on any atom is -0.507 e. The zero-order chi connectivity index (χ0) is 24.2. The predicted molar refractivity (Wildman–Crippen MR) is 131 cm³/mol. The molecular weight excluding hydrogens is 430 g/mol. The average Bonchev–Trinajstić information content (AvgIpc) is 3.11. The fourth-order valence-corrected chi connectivity index (χ4v) is 4.17. The molecule has 3 aromatic carbocycles. The van der Waals surface area contributed by atoms with Crippen molar-refractivity contribution in [2.24, 2.45) is 0 Å². The number of aliphatic hydroxyl groups excluding tert-OH is 1. The summed E-state index contributed by atoms with van der Waals surface area (Å²) in [5.41, 5.74) is 2.64. The van der Waals surface area contributed by atoms with Crippen molar-refractivity contribution in [2.45, 2.75) is 26.8 Å². The third-order valence-electron chi connectivity index (χ3n) is 5.77. The maximum Gasteiger partial charge on any atom is 0.300 e. The maximum absolute atomic E-state index is 13.3. The second-order valence-electron chi connectivity index (χ2n) is 7.92. The molecule has 34 heavy (non-hydrogen) atoms. The molecule has 1 saturated heterocycles. The zero-order valence-electron chi connectivity index (χ0n) is 19.4. The van der Waals surface area contributed by atoms with E-state index in [9.17, 15) is 14.7 Å². The van der Waals surface area contributed by atoms with Crippen LogP contribution in [0.1, 0.15) is 36.6 Å². The number of aliphatic hydroxyl groups is 1. The van der Waals surface area contributed by atoms with Crippen LogP contribution < -0.4 is 14.4 Å². The molecule has 0 bridgehead atoms. The first kappa shape index (κ1) is 23.1. The van der Waals surface area contributed by atoms with Gasteiger partial charge in [-0.25, -0.2) is 0 Å². The first-order valence-corrected chi connectivity index (χ1v) is 11.3. The number of aryl methyl sites for hydroxylation is 1. The molecule has 0 aliphatic carbocycles. The van der Waals surface area contributed by atoms with Crippen molar-refractivity contribution in [1.29, 1.82) is 0 Å². The lowest BCUT2D eigenvalue weighted by molar-refractivity contribution is -0.132. The van der Waals surface area contributed by atoms with E-state index in [0.29, 0.717) is 41.5 Å². The van der Waals surface area contributed by atoms with Gasteiger partial charge in [0, 0.05) is 11.3 Å². The second-order valence-corrected chi connectivity index (χ2v) is 7.92. The van der Waals surface area contributed by atoms with Gasteiger partial charge >= 0.3 is 0 Å². The summed E-state index contributed by atoms with van der Waals surface area (Å²) < 4.78 is 11.0. The minimum absolute atomic E-state index is 0.0431. The highest BCUT2D eigenvalue weighted by Gasteiger charge is 2.47. The highest BCUT2D eigenvalue weighted by Crippen LogP contribution is 2.43. The molecule has 6 heteroatoms. The highest BCUT2D eigenvalue weighted by atomic mass is 16.5. The second kappa shape index (κ2) is 9.83. The van der Waals surface area contributed by atoms with Crippen LogP contribution in [0.25, 0.3) is 5.76 Å². The normalized spacial score (nSPS) is 17.1. The van der Waals surface area contributed by atoms with Crippen molar-refractivity contribution in [3.05, 3.63) is 95.1 Å². The standard InChI is InChI=1S/C28H27NO5/c1-4-33-21-14-10-19(11-15-21)25-24(26(30)20-12-16-22(17-13-20)34-5-2)27(31)28(32)29(25)23-9-7-6-8-18(23)3/h6-17,25,30H,4-5H2,1-3H3/b26-24+. The number of para-hydroxylation sites is 1. The lowest BCUT2D eigenvalue weighted by Crippen LogP contribution is -2.30. The van der Waals surface area contributed by atoms with Crippen molar-refractivity contribution < 1.29 is 24.2 Å². The van der Waals surface area contributed by atoms with Crippen LogP contribution in [0, 0.1) is 6.92 Å². The number of ether oxygens (including phenoxy) is 2. The predicted octanol–water partition coefficient (Wildman–Crippen LogP) is 5.42. The van der Waals surface area contributed by atoms with Gasteiger partial charge in [-0.2, -0.15) is 0 Å². The largest absolute Gasteiger partial charge is 0.507 e. The van der Waals surface area contributed by atoms with Gasteiger partial charge in [-0.1, -0.05) is 30.3 Å². The van der Waals surface area contributed by atoms with Crippen LogP contribution in [0.5, 0.6) is 11.5 Å². The monoisotopic (exact) mass is 457 g/mol. The minimum atomic E-state index is -0.789. The molecule has 0 aromatic heterocycles. The Labute approximate surface area is 199 Å². The third-order valence-corrected chi connectivity index (χ3v) is 5.77. The smallest absolute Gasteiger partial charge is 0.300 e. The highest BCUT2D eigenvalue weighted by molar-refractivity contribution is 6.51. The molecule has 0 spiro atoms. The summed E-state index contributed by atoms with van der Waals surface area (Å²) >= 11 is 0. The van der Waals surface area contributed by atoms with Crippen molar-refractivity contribution in [1.82, 2.24) is 0 Å². The molecular formula is C28H27NO5. The number of carbonyl (C=O) groups is 2. The van der Waals surface area contributed by atoms with Gasteiger partial charge in [-0.05, 0) is 74.4 Å². The first-order valence-electron chi connectivity index (χ1n) is 11.3. The Morgan fingerprint density at radius 3 is 1.97 bits per heavy atom. The molecule has 1 heterocycles. The Morgan fingerprint density at radius 2 is 1.41 bits per heavy atom. The van der Waals surface area contributed by atoms with E-state index in [1.807, 2.05) is 51.1 Å². The van der Waals surface area contributed by atoms with Gasteiger partial charge in [-0.3, -0.25) is 14.5 Å². The van der Waals surface area contributed by atoms with E-state index in [1.54, 1.807) is 42.5 Å². The summed E-state index contributed by atoms with van der Waals surface area (Å²) in [6.07, 6.45) is 0. The molecule has 1 fully saturated rings. The number of rotatable bonds is 7. The van der Waals surface area contributed by atoms with Gasteiger partial charge in [-0.15, -0.1) is 0 Å². The van der Waals surface area contributed by atoms with E-state index in [2.05, 4.69) is 0 Å². The van der Waals surface area contributed by atoms with Crippen LogP contribution in [-0.2, 0) is 9.59 Å². The summed E-state index contributed by atoms with van der Waals surface area (Å²) in [6, 6.07) is 20.6. The Morgan fingerprint density at radius 1 is 0.853 bits per heavy atom. The van der Waals surface area contributed by atoms with Crippen molar-refractivity contribution in [2.75, 3.05) is 18.1 Å². The molecule has 1 aliphatic rings. The molecule has 174 valence electrons. The quantitative estimate of drug-likeness (QED) is 0.291. The Hall–Kier alpha value is -4.06. The third kappa shape index (κ3) is 4.27. The molecule has 4 rings (SSSR count). The van der Waals surface area contributed by atoms with E-state index in [-0.39, 0.29) is 11.3 Å². The van der Waals surface area contributed by atoms with Crippen molar-refractivity contribution in [3.63, 3.8) is 0 Å². The SMILES string of the molecule is CCOc1ccc(/C(O)=C2\C(=O)C(=O)N(c3ccccc3C)C2c2ccc(OCC)cc2)cc1. The van der Waals surface area contributed by atoms with E-state index in [4.69, 9.17) is 9.47 Å². The summed E-state index contributed by atoms with van der Waals surface area (Å²) in [6.45, 7) is 6.72. The zero-order valence-corrected chi connectivity index (χ0v) is 19.4. The van der Waals surface area contributed by atoms with Gasteiger partial charge in [0.15, 0.2) is 0 Å². The Balaban J connectivity index is 1.88. The van der Waals surface area contributed by atoms with E-state index >= 15 is 0 Å². The molecule has 6 nitrogen and oxygen atoms in total. The molecule has 0 radical (unpaired) electrons. The molecule has 1 N–H and O–H groups in total. The van der Waals surface area contributed by atoms with Crippen LogP contribution >= 0.6 is 0 Å². The molecule has 1 aliphatic heterocycles. The van der Waals surface area contributed by atoms with Gasteiger partial charge in [0.25, 0.3) is 11.7 Å². The van der Waals surface area contributed by atoms with E-state index < -0.39 is 17.7 Å². The van der Waals surface area contributed by atoms with Crippen molar-refractivity contribution >= 4 is 23.1 Å². The van der Waals surface area contributed by atoms with Crippen LogP contribution in [0.15, 0.2) is 78.4 Å². The Bertz CT molecular complexity index is 1230. The van der Waals surface area contributed by atoms with Gasteiger partial charge in [0.1, 0.15) is 17.3 Å². The number of Topliss-reactive ketones (excluding diaryl/α,β-unsaturated/α-hetero) is 1. The summed E-state index contributed by atoms with van der Waals surface area (Å²) in [5, 5.41) is 11.2. The summed E-state index contributed by atoms with van der Waals surface area (Å²) in [4.78, 5) is 28.0. The van der Waals surface area contributed by atoms with Crippen LogP contribution in [-0.4, -0.2) is 30.0 Å². The van der Waals surface area contributed by atoms with Gasteiger partial charge in [0.2, 0.25) is 0 Å². The average molecular weight is 458 g/mol. The number of amides is 1. The number of nitrogens with zero attached hydrogens (tertiary/aromatic N) is 1. The number of ketones is 1. The Kier molecular flexibility index (Phi) is 6.68. The number of hydrogen-bond donors (Lipinski definition) is 1. The molecule has 3 aromatic rings. The van der Waals surface area contributed by atoms with Crippen molar-refractivity contribution in [3.8, 4) is 11.5 Å². The van der Waals surface area contributed by atoms with E-state index in [1.165, 1.54) is 4.90 Å². The molecule has 1 amide bonds. The number of hydrogen-bond acceptors (Lipinski definition) is 5. The van der Waals surface area contributed by atoms with Crippen LogP contribution in [0.2, 0.25) is 0 Å². The summed E-state index contributed by atoms with van der Waals surface area (Å²) in [5.74, 6) is -0.293. The number of anilines is 1. The lowest BCUT2D eigenvalue weighted by atomic mass is 9.95. The lowest BCUT2D eigenvalue weighted by Gasteiger charge is -2.27. The number of carbonyl (C=O) groups excluding carboxylic acids is 2. The van der Waals surface area contributed by atoms with Gasteiger partial charge < -0.3 is 14.6 Å². The fourth-order valence-electron chi connectivity index (χ4n) is 4.17. The molecule has 1 unspecified atom stereocenters. The maximum atomic E-state index is 13.3. The summed E-state index contributed by atoms with van der Waals surface area (Å²) in [7, 11) is 0. The first-order chi connectivity index (χ1) is 16.5. The number of benzene rings is 3. The van der Waals surface area contributed by atoms with Crippen LogP contribution in [0.4, 0.5) is 5.69 Å². The molecule has 1 atom stereocenters.